The summed E-state index contributed by atoms with van der Waals surface area (Å²) >= 11 is 0. The van der Waals surface area contributed by atoms with Crippen molar-refractivity contribution >= 4 is 22.0 Å². The molecule has 1 saturated heterocycles. The van der Waals surface area contributed by atoms with Crippen molar-refractivity contribution in [3.63, 3.8) is 0 Å². The maximum atomic E-state index is 15.0. The van der Waals surface area contributed by atoms with E-state index in [1.165, 1.54) is 0 Å². The third kappa shape index (κ3) is 4.39. The molecule has 43 heavy (non-hydrogen) atoms. The molecule has 1 unspecified atom stereocenters. The second kappa shape index (κ2) is 9.98. The third-order valence-electron chi connectivity index (χ3n) is 8.96. The molecule has 5 rings (SSSR count). The predicted molar refractivity (Wildman–Crippen MR) is 133 cm³/mol. The van der Waals surface area contributed by atoms with Crippen LogP contribution >= 0.6 is 0 Å². The number of rotatable bonds is 6. The van der Waals surface area contributed by atoms with Crippen LogP contribution in [0.4, 0.5) is 35.1 Å². The third-order valence-corrected chi connectivity index (χ3v) is 11.6. The summed E-state index contributed by atoms with van der Waals surface area (Å²) in [4.78, 5) is 25.2. The van der Waals surface area contributed by atoms with Crippen molar-refractivity contribution in [1.29, 1.82) is 0 Å². The van der Waals surface area contributed by atoms with E-state index in [-0.39, 0.29) is 49.7 Å². The molecule has 1 N–H and O–H groups in total. The second-order valence-electron chi connectivity index (χ2n) is 11.5. The van der Waals surface area contributed by atoms with Gasteiger partial charge in [0.15, 0.2) is 9.84 Å². The van der Waals surface area contributed by atoms with Gasteiger partial charge < -0.3 is 14.8 Å². The van der Waals surface area contributed by atoms with Crippen LogP contribution in [-0.4, -0.2) is 52.2 Å². The summed E-state index contributed by atoms with van der Waals surface area (Å²) in [7, 11) is -4.76. The van der Waals surface area contributed by atoms with Crippen molar-refractivity contribution in [2.24, 2.45) is 17.3 Å². The number of carbonyl (C=O) groups excluding carboxylic acids is 2. The zero-order valence-electron chi connectivity index (χ0n) is 22.4. The highest BCUT2D eigenvalue weighted by Gasteiger charge is 2.74. The highest BCUT2D eigenvalue weighted by atomic mass is 32.2. The Morgan fingerprint density at radius 3 is 2.12 bits per heavy atom. The first-order valence-corrected chi connectivity index (χ1v) is 14.6. The van der Waals surface area contributed by atoms with Gasteiger partial charge in [0, 0.05) is 23.4 Å². The smallest absolute Gasteiger partial charge is 0.379 e. The van der Waals surface area contributed by atoms with Gasteiger partial charge in [-0.25, -0.2) is 17.2 Å². The van der Waals surface area contributed by atoms with E-state index in [4.69, 9.17) is 4.74 Å². The average molecular weight is 640 g/mol. The molecule has 234 valence electrons. The number of fused-ring (bicyclic) bond motifs is 3. The van der Waals surface area contributed by atoms with Gasteiger partial charge in [-0.05, 0) is 61.6 Å². The van der Waals surface area contributed by atoms with Gasteiger partial charge >= 0.3 is 18.0 Å². The number of carbonyl (C=O) groups is 2. The van der Waals surface area contributed by atoms with Crippen molar-refractivity contribution in [3.8, 4) is 0 Å². The molecular weight excluding hydrogens is 614 g/mol. The van der Waals surface area contributed by atoms with Gasteiger partial charge in [0.1, 0.15) is 16.9 Å². The minimum absolute atomic E-state index is 0.0847. The van der Waals surface area contributed by atoms with E-state index in [0.717, 1.165) is 24.3 Å². The number of ether oxygens (including phenoxy) is 1. The SMILES string of the molecule is CC1(C(=O)N[C@@H]2CC(C=O)[C@]3(S(=O)(=O)c4ccc(F)cc4)c4ccc(C(F)(C(F)(F)F)C(F)(F)F)cc4CC[C@@H]23)COC1. The lowest BCUT2D eigenvalue weighted by Crippen LogP contribution is -2.57. The Labute approximate surface area is 240 Å². The first-order valence-electron chi connectivity index (χ1n) is 13.1. The van der Waals surface area contributed by atoms with Gasteiger partial charge in [-0.15, -0.1) is 0 Å². The van der Waals surface area contributed by atoms with Crippen LogP contribution in [-0.2, 0) is 41.0 Å². The molecule has 2 fully saturated rings. The minimum atomic E-state index is -6.40. The molecule has 2 aromatic rings. The Kier molecular flexibility index (Phi) is 7.27. The maximum absolute atomic E-state index is 15.0. The van der Waals surface area contributed by atoms with Crippen LogP contribution < -0.4 is 5.32 Å². The summed E-state index contributed by atoms with van der Waals surface area (Å²) in [5.74, 6) is -3.79. The highest BCUT2D eigenvalue weighted by molar-refractivity contribution is 7.92. The van der Waals surface area contributed by atoms with E-state index in [0.29, 0.717) is 18.4 Å². The number of halogens is 8. The van der Waals surface area contributed by atoms with E-state index in [9.17, 15) is 53.1 Å². The van der Waals surface area contributed by atoms with E-state index < -0.39 is 78.1 Å². The van der Waals surface area contributed by atoms with Gasteiger partial charge in [-0.1, -0.05) is 18.2 Å². The van der Waals surface area contributed by atoms with Crippen LogP contribution in [0.25, 0.3) is 0 Å². The number of aldehydes is 1. The Hall–Kier alpha value is -3.07. The molecule has 1 amide bonds. The van der Waals surface area contributed by atoms with Gasteiger partial charge in [0.25, 0.3) is 0 Å². The summed E-state index contributed by atoms with van der Waals surface area (Å²) in [5.41, 5.74) is -9.09. The molecule has 0 radical (unpaired) electrons. The predicted octanol–water partition coefficient (Wildman–Crippen LogP) is 5.09. The molecule has 1 aliphatic heterocycles. The van der Waals surface area contributed by atoms with Crippen LogP contribution in [0.5, 0.6) is 0 Å². The topological polar surface area (TPSA) is 89.5 Å². The summed E-state index contributed by atoms with van der Waals surface area (Å²) in [6.07, 6.45) is -13.2. The van der Waals surface area contributed by atoms with Gasteiger partial charge in [0.05, 0.1) is 23.5 Å². The maximum Gasteiger partial charge on any atom is 0.435 e. The number of sulfone groups is 1. The lowest BCUT2D eigenvalue weighted by molar-refractivity contribution is -0.348. The number of nitrogens with one attached hydrogen (secondary N) is 1. The van der Waals surface area contributed by atoms with Crippen molar-refractivity contribution < 1.29 is 57.9 Å². The van der Waals surface area contributed by atoms with Crippen molar-refractivity contribution in [2.45, 2.75) is 59.9 Å². The van der Waals surface area contributed by atoms with E-state index in [2.05, 4.69) is 5.32 Å². The summed E-state index contributed by atoms with van der Waals surface area (Å²) in [6.45, 7) is 1.78. The number of alkyl halides is 7. The number of hydrogen-bond acceptors (Lipinski definition) is 5. The molecular formula is C28H25F8NO5S. The van der Waals surface area contributed by atoms with E-state index in [1.807, 2.05) is 0 Å². The molecule has 15 heteroatoms. The second-order valence-corrected chi connectivity index (χ2v) is 13.7. The summed E-state index contributed by atoms with van der Waals surface area (Å²) in [5, 5.41) is 2.79. The summed E-state index contributed by atoms with van der Waals surface area (Å²) < 4.78 is 142. The molecule has 6 nitrogen and oxygen atoms in total. The molecule has 2 aromatic carbocycles. The number of aryl methyl sites for hydroxylation is 1. The molecule has 0 aromatic heterocycles. The van der Waals surface area contributed by atoms with Crippen molar-refractivity contribution in [2.75, 3.05) is 13.2 Å². The van der Waals surface area contributed by atoms with Crippen LogP contribution in [0.1, 0.15) is 36.5 Å². The fourth-order valence-corrected chi connectivity index (χ4v) is 9.35. The highest BCUT2D eigenvalue weighted by Crippen LogP contribution is 2.61. The largest absolute Gasteiger partial charge is 0.435 e. The standard InChI is InChI=1S/C28H25F8NO5S/c1-24(13-42-14-24)23(39)37-22-11-17(12-38)25(43(40,41)19-6-4-18(29)5-7-19)20-9-3-16(10-15(20)2-8-21(22)25)26(30,27(31,32)33)28(34,35)36/h3-7,9-10,12,17,21-22H,2,8,11,13-14H2,1H3,(H,37,39)/t17?,21-,22+,25-/m0/s1. The first-order chi connectivity index (χ1) is 19.8. The Bertz CT molecular complexity index is 1540. The molecule has 2 aliphatic carbocycles. The fraction of sp³-hybridized carbons (Fsp3) is 0.500. The quantitative estimate of drug-likeness (QED) is 0.271. The van der Waals surface area contributed by atoms with Gasteiger partial charge in [0.2, 0.25) is 5.91 Å². The molecule has 1 heterocycles. The minimum Gasteiger partial charge on any atom is -0.379 e. The first kappa shape index (κ1) is 31.4. The van der Waals surface area contributed by atoms with Crippen LogP contribution in [0.2, 0.25) is 0 Å². The Morgan fingerprint density at radius 1 is 1.00 bits per heavy atom. The van der Waals surface area contributed by atoms with Crippen molar-refractivity contribution in [3.05, 3.63) is 65.0 Å². The van der Waals surface area contributed by atoms with E-state index in [1.54, 1.807) is 6.92 Å². The lowest BCUT2D eigenvalue weighted by atomic mass is 9.71. The number of hydrogen-bond donors (Lipinski definition) is 1. The van der Waals surface area contributed by atoms with E-state index >= 15 is 0 Å². The Morgan fingerprint density at radius 2 is 1.60 bits per heavy atom. The molecule has 0 spiro atoms. The van der Waals surface area contributed by atoms with Crippen LogP contribution in [0, 0.1) is 23.1 Å². The zero-order chi connectivity index (χ0) is 31.8. The van der Waals surface area contributed by atoms with Crippen LogP contribution in [0.15, 0.2) is 47.4 Å². The monoisotopic (exact) mass is 639 g/mol. The van der Waals surface area contributed by atoms with Gasteiger partial charge in [-0.3, -0.25) is 4.79 Å². The number of amides is 1. The Balaban J connectivity index is 1.72. The molecule has 3 aliphatic rings. The fourth-order valence-electron chi connectivity index (χ4n) is 6.75. The normalized spacial score (nSPS) is 27.0. The molecule has 4 atom stereocenters. The van der Waals surface area contributed by atoms with Crippen LogP contribution in [0.3, 0.4) is 0 Å². The molecule has 0 bridgehead atoms. The summed E-state index contributed by atoms with van der Waals surface area (Å²) in [6, 6.07) is 3.85. The molecule has 1 saturated carbocycles. The lowest BCUT2D eigenvalue weighted by Gasteiger charge is -2.45. The number of benzene rings is 2. The zero-order valence-corrected chi connectivity index (χ0v) is 23.2. The van der Waals surface area contributed by atoms with Crippen molar-refractivity contribution in [1.82, 2.24) is 5.32 Å². The van der Waals surface area contributed by atoms with Gasteiger partial charge in [-0.2, -0.15) is 26.3 Å². The average Bonchev–Trinajstić information content (AvgIpc) is 3.24.